The highest BCUT2D eigenvalue weighted by Crippen LogP contribution is 2.17. The van der Waals surface area contributed by atoms with Crippen molar-refractivity contribution >= 4 is 5.91 Å². The van der Waals surface area contributed by atoms with Crippen molar-refractivity contribution in [2.24, 2.45) is 0 Å². The summed E-state index contributed by atoms with van der Waals surface area (Å²) in [6, 6.07) is 2.90. The van der Waals surface area contributed by atoms with Crippen LogP contribution in [0.25, 0.3) is 0 Å². The van der Waals surface area contributed by atoms with E-state index >= 15 is 0 Å². The van der Waals surface area contributed by atoms with Gasteiger partial charge in [0.25, 0.3) is 5.91 Å². The zero-order chi connectivity index (χ0) is 16.2. The number of nitrogens with zero attached hydrogens (tertiary/aromatic N) is 3. The monoisotopic (exact) mass is 318 g/mol. The van der Waals surface area contributed by atoms with Crippen LogP contribution in [-0.2, 0) is 0 Å². The molecule has 0 saturated carbocycles. The second-order valence-corrected chi connectivity index (χ2v) is 5.26. The van der Waals surface area contributed by atoms with Crippen molar-refractivity contribution in [2.75, 3.05) is 13.1 Å². The Balaban J connectivity index is 1.65. The van der Waals surface area contributed by atoms with E-state index in [4.69, 9.17) is 4.74 Å². The number of amides is 1. The third kappa shape index (κ3) is 3.71. The van der Waals surface area contributed by atoms with Gasteiger partial charge in [-0.25, -0.2) is 14.4 Å². The molecule has 0 bridgehead atoms. The van der Waals surface area contributed by atoms with Gasteiger partial charge < -0.3 is 14.6 Å². The van der Waals surface area contributed by atoms with Gasteiger partial charge in [-0.15, -0.1) is 0 Å². The van der Waals surface area contributed by atoms with E-state index in [2.05, 4.69) is 15.0 Å². The largest absolute Gasteiger partial charge is 0.458 e. The molecule has 23 heavy (non-hydrogen) atoms. The molecule has 0 spiro atoms. The second-order valence-electron chi connectivity index (χ2n) is 5.26. The highest BCUT2D eigenvalue weighted by Gasteiger charge is 2.26. The molecule has 120 valence electrons. The summed E-state index contributed by atoms with van der Waals surface area (Å²) in [7, 11) is 0. The Kier molecular flexibility index (Phi) is 4.31. The van der Waals surface area contributed by atoms with Crippen molar-refractivity contribution in [3.05, 3.63) is 52.5 Å². The standard InChI is InChI=1S/C15H15FN4O3/c16-11-7-18-15(19-8-11)23-12-2-1-5-20(9-12)14(22)10-3-4-13(21)17-6-10/h3-4,6-8,12H,1-2,5,9H2,(H,17,21)/t12-/m0/s1. The molecule has 0 unspecified atom stereocenters. The fraction of sp³-hybridized carbons (Fsp3) is 0.333. The summed E-state index contributed by atoms with van der Waals surface area (Å²) < 4.78 is 18.4. The number of pyridine rings is 1. The fourth-order valence-electron chi connectivity index (χ4n) is 2.46. The third-order valence-electron chi connectivity index (χ3n) is 3.57. The summed E-state index contributed by atoms with van der Waals surface area (Å²) in [4.78, 5) is 35.1. The van der Waals surface area contributed by atoms with Crippen LogP contribution < -0.4 is 10.3 Å². The molecule has 1 aliphatic rings. The van der Waals surface area contributed by atoms with Crippen LogP contribution in [-0.4, -0.2) is 45.0 Å². The average molecular weight is 318 g/mol. The lowest BCUT2D eigenvalue weighted by Gasteiger charge is -2.32. The molecule has 0 aliphatic carbocycles. The molecule has 8 heteroatoms. The van der Waals surface area contributed by atoms with Gasteiger partial charge in [-0.05, 0) is 18.9 Å². The molecular formula is C15H15FN4O3. The van der Waals surface area contributed by atoms with Crippen molar-refractivity contribution < 1.29 is 13.9 Å². The number of aromatic amines is 1. The van der Waals surface area contributed by atoms with E-state index < -0.39 is 5.82 Å². The first-order valence-corrected chi connectivity index (χ1v) is 7.24. The molecule has 1 amide bonds. The number of halogens is 1. The second kappa shape index (κ2) is 6.55. The molecule has 1 N–H and O–H groups in total. The number of H-pyrrole nitrogens is 1. The quantitative estimate of drug-likeness (QED) is 0.911. The Morgan fingerprint density at radius 1 is 1.35 bits per heavy atom. The van der Waals surface area contributed by atoms with Crippen molar-refractivity contribution in [1.82, 2.24) is 19.9 Å². The van der Waals surface area contributed by atoms with Crippen LogP contribution in [0, 0.1) is 5.82 Å². The maximum Gasteiger partial charge on any atom is 0.316 e. The van der Waals surface area contributed by atoms with Crippen molar-refractivity contribution in [2.45, 2.75) is 18.9 Å². The van der Waals surface area contributed by atoms with Gasteiger partial charge in [0.1, 0.15) is 6.10 Å². The highest BCUT2D eigenvalue weighted by atomic mass is 19.1. The SMILES string of the molecule is O=C(c1ccc(=O)[nH]c1)N1CCC[C@H](Oc2ncc(F)cn2)C1. The lowest BCUT2D eigenvalue weighted by atomic mass is 10.1. The molecule has 2 aromatic heterocycles. The summed E-state index contributed by atoms with van der Waals surface area (Å²) in [6.07, 6.45) is 4.76. The van der Waals surface area contributed by atoms with Gasteiger partial charge >= 0.3 is 6.01 Å². The number of carbonyl (C=O) groups excluding carboxylic acids is 1. The van der Waals surface area contributed by atoms with Crippen molar-refractivity contribution in [3.8, 4) is 6.01 Å². The number of likely N-dealkylation sites (tertiary alicyclic amines) is 1. The first-order chi connectivity index (χ1) is 11.1. The van der Waals surface area contributed by atoms with E-state index in [1.54, 1.807) is 4.90 Å². The van der Waals surface area contributed by atoms with Gasteiger partial charge in [-0.1, -0.05) is 0 Å². The molecule has 3 rings (SSSR count). The lowest BCUT2D eigenvalue weighted by Crippen LogP contribution is -2.44. The number of hydrogen-bond donors (Lipinski definition) is 1. The highest BCUT2D eigenvalue weighted by molar-refractivity contribution is 5.93. The van der Waals surface area contributed by atoms with Crippen molar-refractivity contribution in [3.63, 3.8) is 0 Å². The fourth-order valence-corrected chi connectivity index (χ4v) is 2.46. The van der Waals surface area contributed by atoms with Crippen LogP contribution >= 0.6 is 0 Å². The molecule has 1 saturated heterocycles. The Labute approximate surface area is 131 Å². The minimum atomic E-state index is -0.532. The molecule has 3 heterocycles. The number of carbonyl (C=O) groups is 1. The first kappa shape index (κ1) is 15.1. The first-order valence-electron chi connectivity index (χ1n) is 7.24. The summed E-state index contributed by atoms with van der Waals surface area (Å²) in [5.41, 5.74) is 0.165. The van der Waals surface area contributed by atoms with Crippen LogP contribution in [0.3, 0.4) is 0 Å². The van der Waals surface area contributed by atoms with Crippen LogP contribution in [0.1, 0.15) is 23.2 Å². The van der Waals surface area contributed by atoms with Crippen LogP contribution in [0.4, 0.5) is 4.39 Å². The average Bonchev–Trinajstić information content (AvgIpc) is 2.57. The molecule has 1 atom stereocenters. The molecule has 0 radical (unpaired) electrons. The lowest BCUT2D eigenvalue weighted by molar-refractivity contribution is 0.0515. The topological polar surface area (TPSA) is 88.2 Å². The summed E-state index contributed by atoms with van der Waals surface area (Å²) in [5.74, 6) is -0.703. The van der Waals surface area contributed by atoms with E-state index in [1.165, 1.54) is 18.3 Å². The number of rotatable bonds is 3. The van der Waals surface area contributed by atoms with Crippen LogP contribution in [0.5, 0.6) is 6.01 Å². The van der Waals surface area contributed by atoms with Gasteiger partial charge in [0.05, 0.1) is 24.5 Å². The summed E-state index contributed by atoms with van der Waals surface area (Å²) >= 11 is 0. The number of ether oxygens (including phenoxy) is 1. The van der Waals surface area contributed by atoms with E-state index in [9.17, 15) is 14.0 Å². The minimum absolute atomic E-state index is 0.0924. The zero-order valence-corrected chi connectivity index (χ0v) is 12.2. The third-order valence-corrected chi connectivity index (χ3v) is 3.57. The Morgan fingerprint density at radius 3 is 2.83 bits per heavy atom. The van der Waals surface area contributed by atoms with Gasteiger partial charge in [-0.2, -0.15) is 0 Å². The molecular weight excluding hydrogens is 303 g/mol. The maximum atomic E-state index is 12.8. The number of aromatic nitrogens is 3. The van der Waals surface area contributed by atoms with Gasteiger partial charge in [0.15, 0.2) is 5.82 Å². The molecule has 0 aromatic carbocycles. The van der Waals surface area contributed by atoms with Crippen molar-refractivity contribution in [1.29, 1.82) is 0 Å². The van der Waals surface area contributed by atoms with E-state index in [0.29, 0.717) is 18.7 Å². The minimum Gasteiger partial charge on any atom is -0.458 e. The maximum absolute atomic E-state index is 12.8. The van der Waals surface area contributed by atoms with Gasteiger partial charge in [-0.3, -0.25) is 9.59 Å². The number of nitrogens with one attached hydrogen (secondary N) is 1. The van der Waals surface area contributed by atoms with Gasteiger partial charge in [0.2, 0.25) is 5.56 Å². The Bertz CT molecular complexity index is 727. The predicted octanol–water partition coefficient (Wildman–Crippen LogP) is 0.988. The molecule has 2 aromatic rings. The zero-order valence-electron chi connectivity index (χ0n) is 12.2. The molecule has 7 nitrogen and oxygen atoms in total. The number of hydrogen-bond acceptors (Lipinski definition) is 5. The van der Waals surface area contributed by atoms with Crippen LogP contribution in [0.15, 0.2) is 35.5 Å². The smallest absolute Gasteiger partial charge is 0.316 e. The van der Waals surface area contributed by atoms with E-state index in [0.717, 1.165) is 25.2 Å². The predicted molar refractivity (Wildman–Crippen MR) is 78.6 cm³/mol. The molecule has 1 aliphatic heterocycles. The van der Waals surface area contributed by atoms with E-state index in [1.807, 2.05) is 0 Å². The Morgan fingerprint density at radius 2 is 2.13 bits per heavy atom. The summed E-state index contributed by atoms with van der Waals surface area (Å²) in [6.45, 7) is 1.00. The van der Waals surface area contributed by atoms with Crippen LogP contribution in [0.2, 0.25) is 0 Å². The molecule has 1 fully saturated rings. The normalized spacial score (nSPS) is 17.8. The van der Waals surface area contributed by atoms with Gasteiger partial charge in [0, 0.05) is 18.8 Å². The Hall–Kier alpha value is -2.77. The summed E-state index contributed by atoms with van der Waals surface area (Å²) in [5, 5.41) is 0. The van der Waals surface area contributed by atoms with E-state index in [-0.39, 0.29) is 23.6 Å². The number of piperidine rings is 1.